The fourth-order valence-corrected chi connectivity index (χ4v) is 1.60. The number of fused-ring (bicyclic) bond motifs is 1. The van der Waals surface area contributed by atoms with Crippen LogP contribution in [0.1, 0.15) is 12.0 Å². The van der Waals surface area contributed by atoms with Crippen molar-refractivity contribution in [3.05, 3.63) is 23.8 Å². The Hall–Kier alpha value is -2.18. The fourth-order valence-electron chi connectivity index (χ4n) is 1.60. The number of halogens is 2. The second-order valence-corrected chi connectivity index (χ2v) is 3.82. The number of carboxylic acid groups (broad SMARTS) is 1. The van der Waals surface area contributed by atoms with E-state index in [4.69, 9.17) is 9.84 Å². The van der Waals surface area contributed by atoms with Crippen LogP contribution >= 0.6 is 0 Å². The number of carbonyl (C=O) groups is 2. The number of hydrogen-bond acceptors (Lipinski definition) is 3. The van der Waals surface area contributed by atoms with E-state index in [2.05, 4.69) is 5.32 Å². The monoisotopic (exact) mass is 257 g/mol. The first-order chi connectivity index (χ1) is 8.38. The van der Waals surface area contributed by atoms with E-state index in [1.165, 1.54) is 6.07 Å². The topological polar surface area (TPSA) is 75.6 Å². The first-order valence-corrected chi connectivity index (χ1v) is 5.05. The summed E-state index contributed by atoms with van der Waals surface area (Å²) in [4.78, 5) is 21.4. The molecule has 1 aromatic rings. The van der Waals surface area contributed by atoms with Gasteiger partial charge in [0.1, 0.15) is 12.2 Å². The van der Waals surface area contributed by atoms with Gasteiger partial charge in [0.2, 0.25) is 0 Å². The molecule has 1 aliphatic heterocycles. The first kappa shape index (κ1) is 12.3. The van der Waals surface area contributed by atoms with E-state index >= 15 is 0 Å². The third kappa shape index (κ3) is 2.39. The van der Waals surface area contributed by atoms with E-state index < -0.39 is 29.8 Å². The molecule has 1 heterocycles. The summed E-state index contributed by atoms with van der Waals surface area (Å²) in [7, 11) is 0. The van der Waals surface area contributed by atoms with Crippen molar-refractivity contribution in [1.82, 2.24) is 0 Å². The Bertz CT molecular complexity index is 516. The fraction of sp³-hybridized carbons (Fsp3) is 0.273. The predicted molar refractivity (Wildman–Crippen MR) is 56.7 cm³/mol. The lowest BCUT2D eigenvalue weighted by molar-refractivity contribution is -0.145. The molecule has 0 aromatic heterocycles. The molecule has 0 radical (unpaired) electrons. The summed E-state index contributed by atoms with van der Waals surface area (Å²) in [6, 6.07) is 3.38. The highest BCUT2D eigenvalue weighted by Crippen LogP contribution is 2.37. The minimum absolute atomic E-state index is 0.119. The minimum Gasteiger partial charge on any atom is -0.482 e. The minimum atomic E-state index is -3.50. The van der Waals surface area contributed by atoms with Crippen LogP contribution in [0.4, 0.5) is 14.5 Å². The summed E-state index contributed by atoms with van der Waals surface area (Å²) in [5.41, 5.74) is -0.358. The van der Waals surface area contributed by atoms with Gasteiger partial charge < -0.3 is 15.2 Å². The van der Waals surface area contributed by atoms with E-state index in [0.29, 0.717) is 0 Å². The zero-order valence-electron chi connectivity index (χ0n) is 9.07. The first-order valence-electron chi connectivity index (χ1n) is 5.05. The maximum atomic E-state index is 13.5. The normalized spacial score (nSPS) is 14.4. The predicted octanol–water partition coefficient (Wildman–Crippen LogP) is 1.58. The largest absolute Gasteiger partial charge is 0.482 e. The maximum Gasteiger partial charge on any atom is 0.309 e. The summed E-state index contributed by atoms with van der Waals surface area (Å²) in [6.07, 6.45) is -1.30. The summed E-state index contributed by atoms with van der Waals surface area (Å²) >= 11 is 0. The Morgan fingerprint density at radius 1 is 1.50 bits per heavy atom. The molecular formula is C11H9F2NO4. The Morgan fingerprint density at radius 3 is 2.89 bits per heavy atom. The lowest BCUT2D eigenvalue weighted by Gasteiger charge is -2.21. The number of aliphatic carboxylic acids is 1. The second-order valence-electron chi connectivity index (χ2n) is 3.82. The van der Waals surface area contributed by atoms with Crippen molar-refractivity contribution in [3.63, 3.8) is 0 Å². The molecule has 5 nitrogen and oxygen atoms in total. The smallest absolute Gasteiger partial charge is 0.309 e. The number of rotatable bonds is 3. The molecule has 96 valence electrons. The third-order valence-electron chi connectivity index (χ3n) is 2.41. The number of hydrogen-bond donors (Lipinski definition) is 2. The number of nitrogens with one attached hydrogen (secondary N) is 1. The van der Waals surface area contributed by atoms with Crippen molar-refractivity contribution in [2.45, 2.75) is 12.3 Å². The molecule has 1 aromatic carbocycles. The Balaban J connectivity index is 2.33. The van der Waals surface area contributed by atoms with Crippen LogP contribution in [0.25, 0.3) is 0 Å². The average Bonchev–Trinajstić information content (AvgIpc) is 2.26. The molecule has 0 spiro atoms. The average molecular weight is 257 g/mol. The van der Waals surface area contributed by atoms with Gasteiger partial charge in [0, 0.05) is 5.56 Å². The second kappa shape index (κ2) is 4.25. The number of carbonyl (C=O) groups excluding carboxylic acids is 1. The molecule has 0 aliphatic carbocycles. The quantitative estimate of drug-likeness (QED) is 0.862. The molecule has 0 atom stereocenters. The Labute approximate surface area is 100 Å². The Kier molecular flexibility index (Phi) is 2.90. The molecule has 0 fully saturated rings. The molecule has 7 heteroatoms. The number of alkyl halides is 2. The molecule has 0 unspecified atom stereocenters. The highest BCUT2D eigenvalue weighted by atomic mass is 19.3. The van der Waals surface area contributed by atoms with Crippen LogP contribution in [0.5, 0.6) is 5.75 Å². The van der Waals surface area contributed by atoms with Gasteiger partial charge in [-0.25, -0.2) is 8.78 Å². The van der Waals surface area contributed by atoms with Gasteiger partial charge >= 0.3 is 5.97 Å². The lowest BCUT2D eigenvalue weighted by atomic mass is 10.0. The van der Waals surface area contributed by atoms with Gasteiger partial charge in [0.05, 0.1) is 5.69 Å². The maximum absolute atomic E-state index is 13.5. The van der Waals surface area contributed by atoms with Crippen LogP contribution in [-0.2, 0) is 15.5 Å². The van der Waals surface area contributed by atoms with Gasteiger partial charge in [-0.1, -0.05) is 0 Å². The van der Waals surface area contributed by atoms with Crippen molar-refractivity contribution in [3.8, 4) is 5.75 Å². The third-order valence-corrected chi connectivity index (χ3v) is 2.41. The number of anilines is 1. The number of amides is 1. The molecule has 0 saturated heterocycles. The number of carboxylic acids is 1. The van der Waals surface area contributed by atoms with Crippen molar-refractivity contribution in [1.29, 1.82) is 0 Å². The zero-order valence-corrected chi connectivity index (χ0v) is 9.07. The van der Waals surface area contributed by atoms with Crippen LogP contribution < -0.4 is 10.1 Å². The summed E-state index contributed by atoms with van der Waals surface area (Å²) in [5.74, 6) is -5.26. The van der Waals surface area contributed by atoms with E-state index in [0.717, 1.165) is 12.1 Å². The van der Waals surface area contributed by atoms with Gasteiger partial charge in [-0.05, 0) is 18.2 Å². The van der Waals surface area contributed by atoms with Gasteiger partial charge in [-0.2, -0.15) is 0 Å². The van der Waals surface area contributed by atoms with Crippen molar-refractivity contribution < 1.29 is 28.2 Å². The van der Waals surface area contributed by atoms with E-state index in [1.807, 2.05) is 0 Å². The molecule has 18 heavy (non-hydrogen) atoms. The molecule has 0 saturated carbocycles. The summed E-state index contributed by atoms with van der Waals surface area (Å²) < 4.78 is 32.1. The van der Waals surface area contributed by atoms with Crippen LogP contribution in [-0.4, -0.2) is 23.6 Å². The van der Waals surface area contributed by atoms with Gasteiger partial charge in [0.15, 0.2) is 6.61 Å². The van der Waals surface area contributed by atoms with Crippen LogP contribution in [0.3, 0.4) is 0 Å². The molecule has 1 amide bonds. The van der Waals surface area contributed by atoms with Crippen LogP contribution in [0.15, 0.2) is 18.2 Å². The number of benzene rings is 1. The van der Waals surface area contributed by atoms with E-state index in [9.17, 15) is 18.4 Å². The Morgan fingerprint density at radius 2 is 2.22 bits per heavy atom. The molecule has 2 rings (SSSR count). The standard InChI is InChI=1S/C11H9F2NO4/c12-11(13,4-10(16)17)6-1-2-8-7(3-6)14-9(15)5-18-8/h1-3H,4-5H2,(H,14,15)(H,16,17). The van der Waals surface area contributed by atoms with Crippen molar-refractivity contribution >= 4 is 17.6 Å². The van der Waals surface area contributed by atoms with Crippen LogP contribution in [0.2, 0.25) is 0 Å². The zero-order chi connectivity index (χ0) is 13.3. The van der Waals surface area contributed by atoms with Gasteiger partial charge in [-0.3, -0.25) is 9.59 Å². The lowest BCUT2D eigenvalue weighted by Crippen LogP contribution is -2.26. The van der Waals surface area contributed by atoms with E-state index in [-0.39, 0.29) is 18.0 Å². The van der Waals surface area contributed by atoms with Gasteiger partial charge in [0.25, 0.3) is 11.8 Å². The molecule has 0 bridgehead atoms. The highest BCUT2D eigenvalue weighted by molar-refractivity contribution is 5.95. The summed E-state index contributed by atoms with van der Waals surface area (Å²) in [6.45, 7) is -0.169. The van der Waals surface area contributed by atoms with Gasteiger partial charge in [-0.15, -0.1) is 0 Å². The van der Waals surface area contributed by atoms with Crippen molar-refractivity contribution in [2.75, 3.05) is 11.9 Å². The molecule has 1 aliphatic rings. The van der Waals surface area contributed by atoms with Crippen LogP contribution in [0, 0.1) is 0 Å². The molecule has 2 N–H and O–H groups in total. The summed E-state index contributed by atoms with van der Waals surface area (Å²) in [5, 5.41) is 10.8. The molecular weight excluding hydrogens is 248 g/mol. The highest BCUT2D eigenvalue weighted by Gasteiger charge is 2.35. The van der Waals surface area contributed by atoms with Crippen molar-refractivity contribution in [2.24, 2.45) is 0 Å². The SMILES string of the molecule is O=C(O)CC(F)(F)c1ccc2c(c1)NC(=O)CO2. The van der Waals surface area contributed by atoms with E-state index in [1.54, 1.807) is 0 Å². The number of ether oxygens (including phenoxy) is 1.